The molecule has 0 radical (unpaired) electrons. The highest BCUT2D eigenvalue weighted by atomic mass is 32.1. The van der Waals surface area contributed by atoms with Gasteiger partial charge in [-0.3, -0.25) is 0 Å². The van der Waals surface area contributed by atoms with Gasteiger partial charge >= 0.3 is 0 Å². The van der Waals surface area contributed by atoms with Crippen LogP contribution in [0, 0.1) is 0 Å². The van der Waals surface area contributed by atoms with E-state index in [9.17, 15) is 0 Å². The molecule has 1 rings (SSSR count). The van der Waals surface area contributed by atoms with Crippen molar-refractivity contribution in [2.75, 3.05) is 0 Å². The van der Waals surface area contributed by atoms with Crippen LogP contribution >= 0.6 is 23.6 Å². The summed E-state index contributed by atoms with van der Waals surface area (Å²) >= 11 is 7.20. The lowest BCUT2D eigenvalue weighted by atomic mass is 10.3. The average Bonchev–Trinajstić information content (AvgIpc) is 2.64. The molecule has 0 aliphatic rings. The summed E-state index contributed by atoms with van der Waals surface area (Å²) in [6.45, 7) is 9.45. The highest BCUT2D eigenvalue weighted by Gasteiger charge is 2.14. The number of hydrogen-bond acceptors (Lipinski definition) is 2. The van der Waals surface area contributed by atoms with Gasteiger partial charge in [-0.15, -0.1) is 11.3 Å². The molecule has 0 aliphatic heterocycles. The molecule has 2 nitrogen and oxygen atoms in total. The van der Waals surface area contributed by atoms with Gasteiger partial charge < -0.3 is 10.2 Å². The third-order valence-corrected chi connectivity index (χ3v) is 3.42. The summed E-state index contributed by atoms with van der Waals surface area (Å²) in [7, 11) is 0. The standard InChI is InChI=1S/C12H20N2S2/c1-9(2)13-12(15)14(10(3)4)8-11-6-5-7-16-11/h5-7,9-10H,8H2,1-4H3,(H,13,15). The van der Waals surface area contributed by atoms with Crippen molar-refractivity contribution in [3.63, 3.8) is 0 Å². The van der Waals surface area contributed by atoms with Gasteiger partial charge in [-0.05, 0) is 51.4 Å². The molecule has 16 heavy (non-hydrogen) atoms. The minimum atomic E-state index is 0.386. The lowest BCUT2D eigenvalue weighted by molar-refractivity contribution is 0.337. The molecule has 0 unspecified atom stereocenters. The third kappa shape index (κ3) is 4.10. The molecule has 1 N–H and O–H groups in total. The van der Waals surface area contributed by atoms with Crippen molar-refractivity contribution in [1.29, 1.82) is 0 Å². The molecule has 0 spiro atoms. The first kappa shape index (κ1) is 13.5. The van der Waals surface area contributed by atoms with E-state index in [1.807, 2.05) is 0 Å². The Bertz CT molecular complexity index is 318. The maximum Gasteiger partial charge on any atom is 0.169 e. The summed E-state index contributed by atoms with van der Waals surface area (Å²) in [6, 6.07) is 5.04. The predicted octanol–water partition coefficient (Wildman–Crippen LogP) is 3.24. The second-order valence-corrected chi connectivity index (χ2v) is 5.82. The lowest BCUT2D eigenvalue weighted by Crippen LogP contribution is -2.45. The van der Waals surface area contributed by atoms with Crippen molar-refractivity contribution in [3.8, 4) is 0 Å². The lowest BCUT2D eigenvalue weighted by Gasteiger charge is -2.30. The first-order chi connectivity index (χ1) is 7.50. The fourth-order valence-corrected chi connectivity index (χ4v) is 2.60. The van der Waals surface area contributed by atoms with Crippen molar-refractivity contribution in [3.05, 3.63) is 22.4 Å². The van der Waals surface area contributed by atoms with Crippen molar-refractivity contribution >= 4 is 28.7 Å². The van der Waals surface area contributed by atoms with E-state index in [2.05, 4.69) is 55.4 Å². The summed E-state index contributed by atoms with van der Waals surface area (Å²) in [4.78, 5) is 3.57. The zero-order chi connectivity index (χ0) is 12.1. The minimum Gasteiger partial charge on any atom is -0.360 e. The van der Waals surface area contributed by atoms with E-state index in [4.69, 9.17) is 12.2 Å². The predicted molar refractivity (Wildman–Crippen MR) is 75.9 cm³/mol. The van der Waals surface area contributed by atoms with Gasteiger partial charge in [0.05, 0.1) is 6.54 Å². The zero-order valence-electron chi connectivity index (χ0n) is 10.4. The summed E-state index contributed by atoms with van der Waals surface area (Å²) in [5, 5.41) is 6.25. The maximum absolute atomic E-state index is 5.42. The Kier molecular flexibility index (Phi) is 5.22. The molecular formula is C12H20N2S2. The molecule has 0 fully saturated rings. The van der Waals surface area contributed by atoms with Crippen molar-refractivity contribution < 1.29 is 0 Å². The quantitative estimate of drug-likeness (QED) is 0.833. The minimum absolute atomic E-state index is 0.386. The van der Waals surface area contributed by atoms with E-state index in [-0.39, 0.29) is 0 Å². The van der Waals surface area contributed by atoms with E-state index in [1.54, 1.807) is 11.3 Å². The van der Waals surface area contributed by atoms with Crippen LogP contribution in [-0.4, -0.2) is 22.1 Å². The van der Waals surface area contributed by atoms with Crippen LogP contribution in [0.3, 0.4) is 0 Å². The molecule has 4 heteroatoms. The number of thiophene rings is 1. The van der Waals surface area contributed by atoms with E-state index < -0.39 is 0 Å². The Morgan fingerprint density at radius 2 is 2.12 bits per heavy atom. The highest BCUT2D eigenvalue weighted by Crippen LogP contribution is 2.14. The number of rotatable bonds is 4. The second kappa shape index (κ2) is 6.21. The van der Waals surface area contributed by atoms with Gasteiger partial charge in [-0.25, -0.2) is 0 Å². The SMILES string of the molecule is CC(C)NC(=S)N(Cc1cccs1)C(C)C. The van der Waals surface area contributed by atoms with E-state index >= 15 is 0 Å². The Morgan fingerprint density at radius 1 is 1.44 bits per heavy atom. The van der Waals surface area contributed by atoms with Gasteiger partial charge in [0.1, 0.15) is 0 Å². The van der Waals surface area contributed by atoms with Gasteiger partial charge in [0.25, 0.3) is 0 Å². The first-order valence-electron chi connectivity index (χ1n) is 5.60. The van der Waals surface area contributed by atoms with Crippen LogP contribution in [0.25, 0.3) is 0 Å². The number of nitrogens with one attached hydrogen (secondary N) is 1. The molecule has 0 aromatic carbocycles. The summed E-state index contributed by atoms with van der Waals surface area (Å²) in [5.41, 5.74) is 0. The van der Waals surface area contributed by atoms with Gasteiger partial charge in [-0.2, -0.15) is 0 Å². The van der Waals surface area contributed by atoms with Crippen LogP contribution in [0.5, 0.6) is 0 Å². The van der Waals surface area contributed by atoms with Crippen LogP contribution in [0.2, 0.25) is 0 Å². The highest BCUT2D eigenvalue weighted by molar-refractivity contribution is 7.80. The molecule has 1 heterocycles. The zero-order valence-corrected chi connectivity index (χ0v) is 12.0. The Morgan fingerprint density at radius 3 is 2.56 bits per heavy atom. The molecule has 1 aromatic rings. The largest absolute Gasteiger partial charge is 0.360 e. The van der Waals surface area contributed by atoms with Crippen molar-refractivity contribution in [1.82, 2.24) is 10.2 Å². The van der Waals surface area contributed by atoms with Gasteiger partial charge in [0.15, 0.2) is 5.11 Å². The van der Waals surface area contributed by atoms with Crippen molar-refractivity contribution in [2.45, 2.75) is 46.3 Å². The summed E-state index contributed by atoms with van der Waals surface area (Å²) < 4.78 is 0. The van der Waals surface area contributed by atoms with Gasteiger partial charge in [0.2, 0.25) is 0 Å². The molecule has 90 valence electrons. The number of nitrogens with zero attached hydrogens (tertiary/aromatic N) is 1. The molecule has 0 saturated carbocycles. The molecule has 0 bridgehead atoms. The van der Waals surface area contributed by atoms with Crippen LogP contribution < -0.4 is 5.32 Å². The van der Waals surface area contributed by atoms with Crippen LogP contribution in [0.15, 0.2) is 17.5 Å². The number of hydrogen-bond donors (Lipinski definition) is 1. The number of thiocarbonyl (C=S) groups is 1. The van der Waals surface area contributed by atoms with E-state index in [0.717, 1.165) is 11.7 Å². The molecule has 0 amide bonds. The fourth-order valence-electron chi connectivity index (χ4n) is 1.39. The Balaban J connectivity index is 2.64. The fraction of sp³-hybridized carbons (Fsp3) is 0.583. The molecule has 0 saturated heterocycles. The Labute approximate surface area is 108 Å². The molecule has 0 atom stereocenters. The van der Waals surface area contributed by atoms with Crippen molar-refractivity contribution in [2.24, 2.45) is 0 Å². The van der Waals surface area contributed by atoms with Crippen LogP contribution in [0.4, 0.5) is 0 Å². The van der Waals surface area contributed by atoms with Crippen LogP contribution in [-0.2, 0) is 6.54 Å². The monoisotopic (exact) mass is 256 g/mol. The smallest absolute Gasteiger partial charge is 0.169 e. The summed E-state index contributed by atoms with van der Waals surface area (Å²) in [5.74, 6) is 0. The maximum atomic E-state index is 5.42. The molecule has 1 aromatic heterocycles. The van der Waals surface area contributed by atoms with Gasteiger partial charge in [0, 0.05) is 17.0 Å². The normalized spacial score (nSPS) is 10.9. The average molecular weight is 256 g/mol. The van der Waals surface area contributed by atoms with Gasteiger partial charge in [-0.1, -0.05) is 6.07 Å². The Hall–Kier alpha value is -0.610. The molecule has 0 aliphatic carbocycles. The first-order valence-corrected chi connectivity index (χ1v) is 6.89. The van der Waals surface area contributed by atoms with E-state index in [1.165, 1.54) is 4.88 Å². The topological polar surface area (TPSA) is 15.3 Å². The molecular weight excluding hydrogens is 236 g/mol. The van der Waals surface area contributed by atoms with E-state index in [0.29, 0.717) is 12.1 Å². The summed E-state index contributed by atoms with van der Waals surface area (Å²) in [6.07, 6.45) is 0. The second-order valence-electron chi connectivity index (χ2n) is 4.41. The third-order valence-electron chi connectivity index (χ3n) is 2.20. The van der Waals surface area contributed by atoms with Crippen LogP contribution in [0.1, 0.15) is 32.6 Å².